The van der Waals surface area contributed by atoms with E-state index in [2.05, 4.69) is 24.8 Å². The second-order valence-corrected chi connectivity index (χ2v) is 3.63. The largest absolute Gasteiger partial charge is 0.392 e. The van der Waals surface area contributed by atoms with Gasteiger partial charge in [0.05, 0.1) is 6.10 Å². The molecular weight excluding hydrogens is 172 g/mol. The molecule has 0 heterocycles. The molecule has 0 bridgehead atoms. The highest BCUT2D eigenvalue weighted by Gasteiger charge is 2.21. The Balaban J connectivity index is 2.24. The summed E-state index contributed by atoms with van der Waals surface area (Å²) in [5, 5.41) is 9.69. The number of benzene rings is 1. The van der Waals surface area contributed by atoms with Crippen LogP contribution < -0.4 is 0 Å². The van der Waals surface area contributed by atoms with Gasteiger partial charge in [-0.1, -0.05) is 49.1 Å². The molecule has 72 valence electrons. The minimum atomic E-state index is -0.246. The van der Waals surface area contributed by atoms with Crippen molar-refractivity contribution in [2.75, 3.05) is 0 Å². The highest BCUT2D eigenvalue weighted by Crippen LogP contribution is 2.28. The lowest BCUT2D eigenvalue weighted by Gasteiger charge is -2.13. The molecule has 2 atom stereocenters. The van der Waals surface area contributed by atoms with Gasteiger partial charge in [0.1, 0.15) is 0 Å². The topological polar surface area (TPSA) is 20.2 Å². The lowest BCUT2D eigenvalue weighted by atomic mass is 9.95. The molecule has 0 fully saturated rings. The van der Waals surface area contributed by atoms with Gasteiger partial charge in [-0.2, -0.15) is 0 Å². The van der Waals surface area contributed by atoms with Crippen LogP contribution in [0.3, 0.4) is 0 Å². The summed E-state index contributed by atoms with van der Waals surface area (Å²) in [4.78, 5) is 0. The van der Waals surface area contributed by atoms with E-state index in [4.69, 9.17) is 0 Å². The zero-order valence-corrected chi connectivity index (χ0v) is 8.06. The Bertz CT molecular complexity index is 348. The van der Waals surface area contributed by atoms with Crippen LogP contribution in [0, 0.1) is 0 Å². The molecule has 1 heteroatoms. The van der Waals surface area contributed by atoms with E-state index >= 15 is 0 Å². The fraction of sp³-hybridized carbons (Fsp3) is 0.231. The van der Waals surface area contributed by atoms with E-state index in [1.54, 1.807) is 0 Å². The van der Waals surface area contributed by atoms with Crippen molar-refractivity contribution in [3.63, 3.8) is 0 Å². The quantitative estimate of drug-likeness (QED) is 0.704. The van der Waals surface area contributed by atoms with Gasteiger partial charge >= 0.3 is 0 Å². The number of rotatable bonds is 2. The third-order valence-electron chi connectivity index (χ3n) is 2.69. The number of hydrogen-bond donors (Lipinski definition) is 1. The summed E-state index contributed by atoms with van der Waals surface area (Å²) in [5.41, 5.74) is 2.29. The summed E-state index contributed by atoms with van der Waals surface area (Å²) in [5.74, 6) is 0.175. The molecule has 0 saturated carbocycles. The van der Waals surface area contributed by atoms with Crippen molar-refractivity contribution in [1.82, 2.24) is 0 Å². The molecule has 1 N–H and O–H groups in total. The zero-order chi connectivity index (χ0) is 9.97. The Morgan fingerprint density at radius 1 is 1.29 bits per heavy atom. The SMILES string of the molecule is C=Cc1ccc(C2C=CCC2O)cc1. The molecule has 14 heavy (non-hydrogen) atoms. The lowest BCUT2D eigenvalue weighted by Crippen LogP contribution is -2.11. The van der Waals surface area contributed by atoms with E-state index in [1.807, 2.05) is 24.3 Å². The molecule has 2 unspecified atom stereocenters. The van der Waals surface area contributed by atoms with E-state index in [0.29, 0.717) is 0 Å². The molecule has 0 spiro atoms. The van der Waals surface area contributed by atoms with Crippen LogP contribution in [0.25, 0.3) is 6.08 Å². The summed E-state index contributed by atoms with van der Waals surface area (Å²) < 4.78 is 0. The van der Waals surface area contributed by atoms with Gasteiger partial charge in [-0.05, 0) is 17.5 Å². The Morgan fingerprint density at radius 2 is 2.00 bits per heavy atom. The smallest absolute Gasteiger partial charge is 0.0677 e. The van der Waals surface area contributed by atoms with Gasteiger partial charge in [0.15, 0.2) is 0 Å². The van der Waals surface area contributed by atoms with Crippen LogP contribution in [-0.4, -0.2) is 11.2 Å². The van der Waals surface area contributed by atoms with Crippen LogP contribution >= 0.6 is 0 Å². The number of hydrogen-bond acceptors (Lipinski definition) is 1. The van der Waals surface area contributed by atoms with Crippen molar-refractivity contribution in [3.8, 4) is 0 Å². The molecule has 1 aliphatic rings. The second kappa shape index (κ2) is 3.81. The van der Waals surface area contributed by atoms with E-state index in [0.717, 1.165) is 12.0 Å². The minimum absolute atomic E-state index is 0.175. The first-order valence-corrected chi connectivity index (χ1v) is 4.88. The van der Waals surface area contributed by atoms with Crippen LogP contribution in [0.2, 0.25) is 0 Å². The van der Waals surface area contributed by atoms with Gasteiger partial charge < -0.3 is 5.11 Å². The van der Waals surface area contributed by atoms with Gasteiger partial charge in [0.25, 0.3) is 0 Å². The first kappa shape index (κ1) is 9.22. The molecule has 1 aliphatic carbocycles. The summed E-state index contributed by atoms with van der Waals surface area (Å²) >= 11 is 0. The predicted octanol–water partition coefficient (Wildman–Crippen LogP) is 2.73. The van der Waals surface area contributed by atoms with Crippen molar-refractivity contribution in [2.24, 2.45) is 0 Å². The van der Waals surface area contributed by atoms with Gasteiger partial charge in [-0.25, -0.2) is 0 Å². The number of aliphatic hydroxyl groups excluding tert-OH is 1. The normalized spacial score (nSPS) is 25.2. The monoisotopic (exact) mass is 186 g/mol. The Hall–Kier alpha value is -1.34. The standard InChI is InChI=1S/C13H14O/c1-2-10-6-8-11(9-7-10)12-4-3-5-13(12)14/h2-4,6-9,12-14H,1,5H2. The fourth-order valence-corrected chi connectivity index (χ4v) is 1.83. The third-order valence-corrected chi connectivity index (χ3v) is 2.69. The van der Waals surface area contributed by atoms with Crippen LogP contribution in [0.15, 0.2) is 43.0 Å². The van der Waals surface area contributed by atoms with Crippen molar-refractivity contribution in [2.45, 2.75) is 18.4 Å². The molecule has 0 saturated heterocycles. The van der Waals surface area contributed by atoms with Crippen molar-refractivity contribution < 1.29 is 5.11 Å². The summed E-state index contributed by atoms with van der Waals surface area (Å²) in [6.45, 7) is 3.71. The van der Waals surface area contributed by atoms with Crippen LogP contribution in [-0.2, 0) is 0 Å². The predicted molar refractivity (Wildman–Crippen MR) is 59.0 cm³/mol. The van der Waals surface area contributed by atoms with Crippen LogP contribution in [0.5, 0.6) is 0 Å². The highest BCUT2D eigenvalue weighted by molar-refractivity contribution is 5.48. The fourth-order valence-electron chi connectivity index (χ4n) is 1.83. The van der Waals surface area contributed by atoms with Gasteiger partial charge in [0.2, 0.25) is 0 Å². The van der Waals surface area contributed by atoms with E-state index < -0.39 is 0 Å². The maximum absolute atomic E-state index is 9.69. The molecule has 1 aromatic carbocycles. The van der Waals surface area contributed by atoms with Crippen molar-refractivity contribution >= 4 is 6.08 Å². The van der Waals surface area contributed by atoms with Gasteiger partial charge in [-0.3, -0.25) is 0 Å². The van der Waals surface area contributed by atoms with Crippen molar-refractivity contribution in [1.29, 1.82) is 0 Å². The van der Waals surface area contributed by atoms with Crippen LogP contribution in [0.4, 0.5) is 0 Å². The summed E-state index contributed by atoms with van der Waals surface area (Å²) in [6, 6.07) is 8.17. The first-order valence-electron chi connectivity index (χ1n) is 4.88. The van der Waals surface area contributed by atoms with Gasteiger partial charge in [0, 0.05) is 5.92 Å². The average molecular weight is 186 g/mol. The molecule has 1 nitrogen and oxygen atoms in total. The number of aliphatic hydroxyl groups is 1. The average Bonchev–Trinajstić information content (AvgIpc) is 2.65. The van der Waals surface area contributed by atoms with E-state index in [-0.39, 0.29) is 12.0 Å². The second-order valence-electron chi connectivity index (χ2n) is 3.63. The third kappa shape index (κ3) is 1.64. The van der Waals surface area contributed by atoms with E-state index in [1.165, 1.54) is 5.56 Å². The minimum Gasteiger partial charge on any atom is -0.392 e. The summed E-state index contributed by atoms with van der Waals surface area (Å²) in [6.07, 6.45) is 6.47. The highest BCUT2D eigenvalue weighted by atomic mass is 16.3. The molecule has 1 aromatic rings. The zero-order valence-electron chi connectivity index (χ0n) is 8.06. The maximum atomic E-state index is 9.69. The molecule has 0 amide bonds. The Labute approximate surface area is 84.4 Å². The maximum Gasteiger partial charge on any atom is 0.0677 e. The first-order chi connectivity index (χ1) is 6.81. The van der Waals surface area contributed by atoms with Gasteiger partial charge in [-0.15, -0.1) is 0 Å². The molecule has 0 aliphatic heterocycles. The molecule has 0 aromatic heterocycles. The Kier molecular flexibility index (Phi) is 2.51. The molecule has 0 radical (unpaired) electrons. The summed E-state index contributed by atoms with van der Waals surface area (Å²) in [7, 11) is 0. The van der Waals surface area contributed by atoms with Crippen molar-refractivity contribution in [3.05, 3.63) is 54.1 Å². The lowest BCUT2D eigenvalue weighted by molar-refractivity contribution is 0.171. The molecule has 2 rings (SSSR count). The van der Waals surface area contributed by atoms with Crippen LogP contribution in [0.1, 0.15) is 23.5 Å². The molecular formula is C13H14O. The Morgan fingerprint density at radius 3 is 2.50 bits per heavy atom. The van der Waals surface area contributed by atoms with E-state index in [9.17, 15) is 5.11 Å².